The molecule has 0 fully saturated rings. The van der Waals surface area contributed by atoms with E-state index in [1.807, 2.05) is 4.72 Å². The first-order chi connectivity index (χ1) is 8.22. The smallest absolute Gasteiger partial charge is 0.322 e. The second-order valence-electron chi connectivity index (χ2n) is 3.30. The van der Waals surface area contributed by atoms with Crippen molar-refractivity contribution >= 4 is 49.1 Å². The quantitative estimate of drug-likeness (QED) is 0.437. The molecule has 1 heterocycles. The predicted molar refractivity (Wildman–Crippen MR) is 70.3 cm³/mol. The van der Waals surface area contributed by atoms with E-state index in [-0.39, 0.29) is 10.6 Å². The van der Waals surface area contributed by atoms with E-state index in [0.29, 0.717) is 3.79 Å². The minimum atomic E-state index is -3.92. The highest BCUT2D eigenvalue weighted by molar-refractivity contribution is 9.11. The lowest BCUT2D eigenvalue weighted by Crippen LogP contribution is -2.42. The summed E-state index contributed by atoms with van der Waals surface area (Å²) >= 11 is 4.07. The van der Waals surface area contributed by atoms with Gasteiger partial charge in [-0.25, -0.2) is 8.42 Å². The van der Waals surface area contributed by atoms with Crippen molar-refractivity contribution in [2.75, 3.05) is 0 Å². The van der Waals surface area contributed by atoms with Crippen LogP contribution < -0.4 is 10.5 Å². The Bertz CT molecular complexity index is 569. The number of carboxylic acid groups (broad SMARTS) is 1. The van der Waals surface area contributed by atoms with Crippen LogP contribution in [0.25, 0.3) is 0 Å². The molecule has 100 valence electrons. The fourth-order valence-electron chi connectivity index (χ4n) is 1.09. The Kier molecular flexibility index (Phi) is 4.85. The van der Waals surface area contributed by atoms with Gasteiger partial charge in [0.25, 0.3) is 10.0 Å². The Morgan fingerprint density at radius 3 is 2.61 bits per heavy atom. The topological polar surface area (TPSA) is 133 Å². The third kappa shape index (κ3) is 4.05. The van der Waals surface area contributed by atoms with Gasteiger partial charge in [-0.15, -0.1) is 11.3 Å². The van der Waals surface area contributed by atoms with E-state index < -0.39 is 27.9 Å². The van der Waals surface area contributed by atoms with Crippen molar-refractivity contribution in [1.29, 1.82) is 5.41 Å². The minimum absolute atomic E-state index is 0.0100. The van der Waals surface area contributed by atoms with Crippen molar-refractivity contribution in [2.45, 2.75) is 16.7 Å². The second kappa shape index (κ2) is 5.78. The summed E-state index contributed by atoms with van der Waals surface area (Å²) in [6, 6.07) is 1.44. The molecule has 0 aromatic carbocycles. The van der Waals surface area contributed by atoms with Gasteiger partial charge in [-0.05, 0) is 28.1 Å². The van der Waals surface area contributed by atoms with E-state index in [1.165, 1.54) is 6.07 Å². The van der Waals surface area contributed by atoms with Crippen LogP contribution in [0.15, 0.2) is 20.1 Å². The van der Waals surface area contributed by atoms with E-state index in [2.05, 4.69) is 15.9 Å². The van der Waals surface area contributed by atoms with Crippen molar-refractivity contribution in [2.24, 2.45) is 5.73 Å². The van der Waals surface area contributed by atoms with Gasteiger partial charge < -0.3 is 10.8 Å². The maximum atomic E-state index is 11.8. The number of thiophene rings is 1. The third-order valence-corrected chi connectivity index (χ3v) is 5.42. The number of rotatable bonds is 6. The summed E-state index contributed by atoms with van der Waals surface area (Å²) in [5.41, 5.74) is 5.07. The molecule has 7 nitrogen and oxygen atoms in total. The summed E-state index contributed by atoms with van der Waals surface area (Å²) in [7, 11) is -3.92. The first kappa shape index (κ1) is 15.1. The van der Waals surface area contributed by atoms with Crippen LogP contribution >= 0.6 is 27.3 Å². The number of nitrogens with one attached hydrogen (secondary N) is 2. The molecule has 0 aliphatic rings. The number of hydrogen-bond donors (Lipinski definition) is 4. The van der Waals surface area contributed by atoms with Gasteiger partial charge in [-0.2, -0.15) is 4.72 Å². The van der Waals surface area contributed by atoms with Crippen molar-refractivity contribution in [3.8, 4) is 0 Å². The molecule has 1 rings (SSSR count). The molecule has 1 atom stereocenters. The zero-order chi connectivity index (χ0) is 13.9. The molecule has 0 saturated carbocycles. The van der Waals surface area contributed by atoms with Crippen LogP contribution in [0.4, 0.5) is 0 Å². The number of carboxylic acids is 1. The molecular weight excluding hydrogens is 346 g/mol. The first-order valence-corrected chi connectivity index (χ1v) is 7.65. The van der Waals surface area contributed by atoms with E-state index in [0.717, 1.165) is 11.3 Å². The average molecular weight is 356 g/mol. The summed E-state index contributed by atoms with van der Waals surface area (Å²) in [6.07, 6.45) is -0.388. The van der Waals surface area contributed by atoms with E-state index in [4.69, 9.17) is 16.2 Å². The Balaban J connectivity index is 2.93. The van der Waals surface area contributed by atoms with E-state index in [1.54, 1.807) is 6.07 Å². The van der Waals surface area contributed by atoms with Crippen molar-refractivity contribution in [3.63, 3.8) is 0 Å². The van der Waals surface area contributed by atoms with Gasteiger partial charge in [-0.1, -0.05) is 0 Å². The lowest BCUT2D eigenvalue weighted by molar-refractivity contribution is -0.138. The zero-order valence-corrected chi connectivity index (χ0v) is 12.1. The molecule has 0 bridgehead atoms. The minimum Gasteiger partial charge on any atom is -0.480 e. The molecule has 0 amide bonds. The summed E-state index contributed by atoms with van der Waals surface area (Å²) in [6.45, 7) is 0. The number of aliphatic carboxylic acids is 1. The monoisotopic (exact) mass is 355 g/mol. The Hall–Kier alpha value is -0.970. The summed E-state index contributed by atoms with van der Waals surface area (Å²) < 4.78 is 26.3. The standard InChI is InChI=1S/C8H10BrN3O4S2/c9-5-1-2-7(17-5)18(15,16)12-4(8(13)14)3-6(10)11/h1-2,4,12H,3H2,(H3,10,11)(H,13,14)/t4-/m0/s1. The fourth-order valence-corrected chi connectivity index (χ4v) is 4.30. The molecule has 1 aromatic heterocycles. The van der Waals surface area contributed by atoms with Crippen molar-refractivity contribution < 1.29 is 18.3 Å². The Morgan fingerprint density at radius 2 is 2.22 bits per heavy atom. The first-order valence-electron chi connectivity index (χ1n) is 4.56. The average Bonchev–Trinajstić information content (AvgIpc) is 2.63. The highest BCUT2D eigenvalue weighted by atomic mass is 79.9. The molecule has 0 spiro atoms. The lowest BCUT2D eigenvalue weighted by Gasteiger charge is -2.12. The van der Waals surface area contributed by atoms with Gasteiger partial charge >= 0.3 is 5.97 Å². The van der Waals surface area contributed by atoms with Crippen molar-refractivity contribution in [3.05, 3.63) is 15.9 Å². The van der Waals surface area contributed by atoms with Gasteiger partial charge in [0.1, 0.15) is 10.3 Å². The molecule has 10 heteroatoms. The maximum absolute atomic E-state index is 11.8. The molecule has 18 heavy (non-hydrogen) atoms. The van der Waals surface area contributed by atoms with Gasteiger partial charge in [0.05, 0.1) is 9.62 Å². The SMILES string of the molecule is N=C(N)C[C@H](NS(=O)(=O)c1ccc(Br)s1)C(=O)O. The predicted octanol–water partition coefficient (Wildman–Crippen LogP) is 0.568. The van der Waals surface area contributed by atoms with Crippen LogP contribution in [0.2, 0.25) is 0 Å². The third-order valence-electron chi connectivity index (χ3n) is 1.83. The Morgan fingerprint density at radius 1 is 1.61 bits per heavy atom. The van der Waals surface area contributed by atoms with Gasteiger partial charge in [0.2, 0.25) is 0 Å². The molecule has 1 aromatic rings. The van der Waals surface area contributed by atoms with E-state index in [9.17, 15) is 13.2 Å². The van der Waals surface area contributed by atoms with Crippen LogP contribution in [0.3, 0.4) is 0 Å². The number of halogens is 1. The normalized spacial score (nSPS) is 13.2. The molecule has 5 N–H and O–H groups in total. The van der Waals surface area contributed by atoms with Crippen LogP contribution in [-0.4, -0.2) is 31.4 Å². The number of amidine groups is 1. The van der Waals surface area contributed by atoms with Gasteiger partial charge in [-0.3, -0.25) is 10.2 Å². The van der Waals surface area contributed by atoms with Crippen LogP contribution in [0.5, 0.6) is 0 Å². The number of sulfonamides is 1. The number of carbonyl (C=O) groups is 1. The summed E-state index contributed by atoms with van der Waals surface area (Å²) in [5.74, 6) is -1.79. The molecular formula is C8H10BrN3O4S2. The highest BCUT2D eigenvalue weighted by Crippen LogP contribution is 2.26. The molecule has 0 aliphatic heterocycles. The maximum Gasteiger partial charge on any atom is 0.322 e. The van der Waals surface area contributed by atoms with Crippen LogP contribution in [-0.2, 0) is 14.8 Å². The van der Waals surface area contributed by atoms with Crippen LogP contribution in [0.1, 0.15) is 6.42 Å². The second-order valence-corrected chi connectivity index (χ2v) is 7.70. The van der Waals surface area contributed by atoms with Crippen molar-refractivity contribution in [1.82, 2.24) is 4.72 Å². The number of hydrogen-bond acceptors (Lipinski definition) is 5. The van der Waals surface area contributed by atoms with Gasteiger partial charge in [0.15, 0.2) is 0 Å². The Labute approximate surface area is 116 Å². The molecule has 0 aliphatic carbocycles. The largest absolute Gasteiger partial charge is 0.480 e. The van der Waals surface area contributed by atoms with E-state index >= 15 is 0 Å². The fraction of sp³-hybridized carbons (Fsp3) is 0.250. The summed E-state index contributed by atoms with van der Waals surface area (Å²) in [5, 5.41) is 15.9. The summed E-state index contributed by atoms with van der Waals surface area (Å²) in [4.78, 5) is 10.9. The molecule has 0 unspecified atom stereocenters. The highest BCUT2D eigenvalue weighted by Gasteiger charge is 2.26. The van der Waals surface area contributed by atoms with Gasteiger partial charge in [0, 0.05) is 6.42 Å². The molecule has 0 saturated heterocycles. The molecule has 0 radical (unpaired) electrons. The number of nitrogens with two attached hydrogens (primary N) is 1. The zero-order valence-electron chi connectivity index (χ0n) is 8.88. The van der Waals surface area contributed by atoms with Crippen LogP contribution in [0, 0.1) is 5.41 Å². The lowest BCUT2D eigenvalue weighted by atomic mass is 10.2.